The minimum absolute atomic E-state index is 0.0948. The second kappa shape index (κ2) is 10.4. The number of ether oxygens (including phenoxy) is 2. The van der Waals surface area contributed by atoms with E-state index in [9.17, 15) is 14.7 Å². The molecule has 4 N–H and O–H groups in total. The van der Waals surface area contributed by atoms with Gasteiger partial charge in [0.1, 0.15) is 5.75 Å². The van der Waals surface area contributed by atoms with Crippen molar-refractivity contribution in [3.05, 3.63) is 70.3 Å². The monoisotopic (exact) mass is 544 g/mol. The zero-order valence-electron chi connectivity index (χ0n) is 22.9. The Morgan fingerprint density at radius 3 is 2.85 bits per heavy atom. The van der Waals surface area contributed by atoms with Crippen molar-refractivity contribution in [1.82, 2.24) is 10.2 Å². The van der Waals surface area contributed by atoms with Crippen LogP contribution in [0, 0.1) is 5.92 Å². The van der Waals surface area contributed by atoms with Crippen LogP contribution in [-0.4, -0.2) is 59.7 Å². The summed E-state index contributed by atoms with van der Waals surface area (Å²) in [6.45, 7) is 2.73. The molecule has 0 saturated heterocycles. The third kappa shape index (κ3) is 4.57. The van der Waals surface area contributed by atoms with Crippen LogP contribution in [0.3, 0.4) is 0 Å². The van der Waals surface area contributed by atoms with Gasteiger partial charge in [0.2, 0.25) is 5.91 Å². The maximum Gasteiger partial charge on any atom is 0.251 e. The summed E-state index contributed by atoms with van der Waals surface area (Å²) in [5.74, 6) is 0.162. The van der Waals surface area contributed by atoms with E-state index in [0.29, 0.717) is 49.4 Å². The summed E-state index contributed by atoms with van der Waals surface area (Å²) in [7, 11) is 1.61. The van der Waals surface area contributed by atoms with Crippen LogP contribution in [0.5, 0.6) is 5.75 Å². The van der Waals surface area contributed by atoms with Gasteiger partial charge in [-0.05, 0) is 60.2 Å². The third-order valence-electron chi connectivity index (χ3n) is 8.85. The summed E-state index contributed by atoms with van der Waals surface area (Å²) in [6, 6.07) is 10.3. The molecule has 0 unspecified atom stereocenters. The first-order valence-electron chi connectivity index (χ1n) is 14.0. The zero-order valence-corrected chi connectivity index (χ0v) is 22.9. The lowest BCUT2D eigenvalue weighted by Gasteiger charge is -2.44. The molecule has 0 aromatic heterocycles. The molecule has 6 bridgehead atoms. The van der Waals surface area contributed by atoms with Gasteiger partial charge in [0.15, 0.2) is 5.96 Å². The topological polar surface area (TPSA) is 126 Å². The van der Waals surface area contributed by atoms with E-state index in [1.165, 1.54) is 0 Å². The van der Waals surface area contributed by atoms with Crippen LogP contribution in [-0.2, 0) is 16.0 Å². The first-order chi connectivity index (χ1) is 19.3. The van der Waals surface area contributed by atoms with Crippen LogP contribution in [0.15, 0.2) is 47.5 Å². The highest BCUT2D eigenvalue weighted by Crippen LogP contribution is 2.43. The molecule has 9 heteroatoms. The largest absolute Gasteiger partial charge is 0.493 e. The fourth-order valence-corrected chi connectivity index (χ4v) is 6.66. The van der Waals surface area contributed by atoms with Gasteiger partial charge in [0.25, 0.3) is 5.91 Å². The molecule has 0 radical (unpaired) electrons. The lowest BCUT2D eigenvalue weighted by atomic mass is 9.83. The van der Waals surface area contributed by atoms with E-state index in [0.717, 1.165) is 23.1 Å². The number of nitrogens with two attached hydrogens (primary N) is 1. The standard InChI is InChI=1S/C31H36N4O5/c1-3-31-11-5-4-6-18-7-8-19-14-24(36)27(22(19)12-18)33-29(38)20-9-10-25-23(13-20)28(21(16-39-2)17-40-25)35(26(37)15-31)30(32)34-31/h4,6-10,12-13,21,24,27-28,36H,3,5,11,14-17H2,1-2H3,(H2,32,34)(H,33,38)/b6-4+/t21-,24-,27-,28-,31-/m1/s1. The van der Waals surface area contributed by atoms with E-state index in [1.54, 1.807) is 30.2 Å². The predicted molar refractivity (Wildman–Crippen MR) is 151 cm³/mol. The van der Waals surface area contributed by atoms with E-state index < -0.39 is 23.7 Å². The number of rotatable bonds is 3. The van der Waals surface area contributed by atoms with E-state index in [1.807, 2.05) is 31.2 Å². The third-order valence-corrected chi connectivity index (χ3v) is 8.85. The Morgan fingerprint density at radius 2 is 2.08 bits per heavy atom. The van der Waals surface area contributed by atoms with Gasteiger partial charge in [-0.15, -0.1) is 0 Å². The average molecular weight is 545 g/mol. The molecule has 7 rings (SSSR count). The highest BCUT2D eigenvalue weighted by molar-refractivity contribution is 6.00. The molecule has 0 spiro atoms. The van der Waals surface area contributed by atoms with Crippen LogP contribution in [0.1, 0.15) is 77.3 Å². The summed E-state index contributed by atoms with van der Waals surface area (Å²) < 4.78 is 11.6. The molecular weight excluding hydrogens is 508 g/mol. The number of carbonyl (C=O) groups is 2. The van der Waals surface area contributed by atoms with Gasteiger partial charge in [-0.1, -0.05) is 31.2 Å². The van der Waals surface area contributed by atoms with E-state index in [4.69, 9.17) is 20.2 Å². The van der Waals surface area contributed by atoms with E-state index in [2.05, 4.69) is 11.4 Å². The number of nitrogens with zero attached hydrogens (tertiary/aromatic N) is 2. The van der Waals surface area contributed by atoms with Gasteiger partial charge < -0.3 is 25.6 Å². The summed E-state index contributed by atoms with van der Waals surface area (Å²) in [4.78, 5) is 34.0. The summed E-state index contributed by atoms with van der Waals surface area (Å²) in [6.07, 6.45) is 6.26. The molecule has 1 aliphatic carbocycles. The molecule has 210 valence electrons. The number of benzene rings is 2. The van der Waals surface area contributed by atoms with Gasteiger partial charge in [-0.2, -0.15) is 0 Å². The number of nitrogens with one attached hydrogen (secondary N) is 1. The number of amides is 2. The van der Waals surface area contributed by atoms with Gasteiger partial charge in [-0.3, -0.25) is 14.5 Å². The lowest BCUT2D eigenvalue weighted by Crippen LogP contribution is -2.55. The number of aliphatic imine (C=N–C) groups is 1. The quantitative estimate of drug-likeness (QED) is 0.545. The van der Waals surface area contributed by atoms with Crippen molar-refractivity contribution in [2.24, 2.45) is 16.6 Å². The van der Waals surface area contributed by atoms with Crippen LogP contribution >= 0.6 is 0 Å². The summed E-state index contributed by atoms with van der Waals surface area (Å²) >= 11 is 0. The van der Waals surface area contributed by atoms with Gasteiger partial charge in [0, 0.05) is 30.6 Å². The van der Waals surface area contributed by atoms with Crippen LogP contribution in [0.2, 0.25) is 0 Å². The first-order valence-corrected chi connectivity index (χ1v) is 14.0. The van der Waals surface area contributed by atoms with Crippen molar-refractivity contribution >= 4 is 23.8 Å². The SMILES string of the molecule is CC[C@@]12CC/C=C/c3ccc4c(c3)[C@@H](NC(=O)c3ccc5c(c3)[C@@H]([C@H](COC)CO5)N(C(=O)C1)C(N)=N2)[C@H](O)C4. The highest BCUT2D eigenvalue weighted by Gasteiger charge is 2.45. The molecular formula is C31H36N4O5. The Kier molecular flexibility index (Phi) is 6.88. The second-order valence-electron chi connectivity index (χ2n) is 11.3. The second-order valence-corrected chi connectivity index (χ2v) is 11.3. The van der Waals surface area contributed by atoms with Crippen molar-refractivity contribution in [3.63, 3.8) is 0 Å². The minimum atomic E-state index is -0.719. The van der Waals surface area contributed by atoms with Crippen molar-refractivity contribution < 1.29 is 24.2 Å². The summed E-state index contributed by atoms with van der Waals surface area (Å²) in [5, 5.41) is 13.9. The fraction of sp³-hybridized carbons (Fsp3) is 0.452. The predicted octanol–water partition coefficient (Wildman–Crippen LogP) is 3.27. The highest BCUT2D eigenvalue weighted by atomic mass is 16.5. The van der Waals surface area contributed by atoms with E-state index >= 15 is 0 Å². The number of aliphatic hydroxyl groups excluding tert-OH is 1. The number of methoxy groups -OCH3 is 1. The Morgan fingerprint density at radius 1 is 1.23 bits per heavy atom. The lowest BCUT2D eigenvalue weighted by molar-refractivity contribution is -0.133. The zero-order chi connectivity index (χ0) is 28.0. The average Bonchev–Trinajstić information content (AvgIpc) is 3.25. The maximum atomic E-state index is 13.9. The smallest absolute Gasteiger partial charge is 0.251 e. The maximum absolute atomic E-state index is 13.9. The fourth-order valence-electron chi connectivity index (χ4n) is 6.66. The van der Waals surface area contributed by atoms with Crippen LogP contribution < -0.4 is 15.8 Å². The van der Waals surface area contributed by atoms with Crippen molar-refractivity contribution in [2.75, 3.05) is 20.3 Å². The van der Waals surface area contributed by atoms with Crippen LogP contribution in [0.25, 0.3) is 6.08 Å². The van der Waals surface area contributed by atoms with Crippen LogP contribution in [0.4, 0.5) is 0 Å². The Balaban J connectivity index is 1.48. The van der Waals surface area contributed by atoms with E-state index in [-0.39, 0.29) is 30.1 Å². The van der Waals surface area contributed by atoms with Gasteiger partial charge >= 0.3 is 0 Å². The molecule has 5 aliphatic rings. The normalized spacial score (nSPS) is 30.2. The number of hydrogen-bond donors (Lipinski definition) is 3. The number of fused-ring (bicyclic) bond motifs is 4. The molecule has 40 heavy (non-hydrogen) atoms. The molecule has 9 nitrogen and oxygen atoms in total. The van der Waals surface area contributed by atoms with Gasteiger partial charge in [0.05, 0.1) is 43.4 Å². The van der Waals surface area contributed by atoms with Crippen molar-refractivity contribution in [1.29, 1.82) is 0 Å². The number of allylic oxidation sites excluding steroid dienone is 1. The molecule has 2 aromatic carbocycles. The summed E-state index contributed by atoms with van der Waals surface area (Å²) in [5.41, 5.74) is 10.1. The Bertz CT molecular complexity index is 1400. The molecule has 0 saturated carbocycles. The Hall–Kier alpha value is -3.69. The molecule has 0 fully saturated rings. The molecule has 4 heterocycles. The van der Waals surface area contributed by atoms with Crippen molar-refractivity contribution in [3.8, 4) is 5.75 Å². The molecule has 2 aromatic rings. The number of carbonyl (C=O) groups excluding carboxylic acids is 2. The Labute approximate surface area is 234 Å². The molecule has 2 amide bonds. The first kappa shape index (κ1) is 26.5. The van der Waals surface area contributed by atoms with Crippen molar-refractivity contribution in [2.45, 2.75) is 62.8 Å². The minimum Gasteiger partial charge on any atom is -0.493 e. The molecule has 4 aliphatic heterocycles. The molecule has 5 atom stereocenters. The number of guanidine groups is 1. The number of hydrogen-bond acceptors (Lipinski definition) is 7. The number of aliphatic hydroxyl groups is 1. The van der Waals surface area contributed by atoms with Gasteiger partial charge in [-0.25, -0.2) is 4.99 Å².